The topological polar surface area (TPSA) is 85.5 Å². The second kappa shape index (κ2) is 6.83. The van der Waals surface area contributed by atoms with E-state index in [2.05, 4.69) is 4.90 Å². The van der Waals surface area contributed by atoms with E-state index in [1.165, 1.54) is 11.6 Å². The van der Waals surface area contributed by atoms with Crippen molar-refractivity contribution in [3.05, 3.63) is 63.9 Å². The Morgan fingerprint density at radius 3 is 2.50 bits per heavy atom. The molecule has 1 aromatic heterocycles. The number of hydrogen-bond donors (Lipinski definition) is 1. The average molecular weight is 275 g/mol. The third-order valence-electron chi connectivity index (χ3n) is 2.90. The summed E-state index contributed by atoms with van der Waals surface area (Å²) < 4.78 is 5.18. The van der Waals surface area contributed by atoms with E-state index in [-0.39, 0.29) is 5.88 Å². The molecule has 2 rings (SSSR count). The van der Waals surface area contributed by atoms with Gasteiger partial charge in [0.2, 0.25) is 0 Å². The zero-order valence-electron chi connectivity index (χ0n) is 11.1. The molecule has 1 heterocycles. The Morgan fingerprint density at radius 1 is 1.15 bits per heavy atom. The summed E-state index contributed by atoms with van der Waals surface area (Å²) in [5.74, 6) is 0.341. The van der Waals surface area contributed by atoms with Crippen molar-refractivity contribution in [1.29, 1.82) is 0 Å². The molecular formula is C14H17N3O3. The summed E-state index contributed by atoms with van der Waals surface area (Å²) in [5, 5.41) is 10.6. The maximum Gasteiger partial charge on any atom is 0.433 e. The van der Waals surface area contributed by atoms with E-state index < -0.39 is 4.92 Å². The van der Waals surface area contributed by atoms with Gasteiger partial charge >= 0.3 is 5.88 Å². The van der Waals surface area contributed by atoms with Crippen molar-refractivity contribution in [2.45, 2.75) is 13.1 Å². The van der Waals surface area contributed by atoms with Crippen LogP contribution in [-0.4, -0.2) is 22.9 Å². The predicted octanol–water partition coefficient (Wildman–Crippen LogP) is 2.15. The molecule has 0 amide bonds. The molecule has 0 bridgehead atoms. The van der Waals surface area contributed by atoms with Gasteiger partial charge in [-0.1, -0.05) is 30.3 Å². The Balaban J connectivity index is 2.02. The number of furan rings is 1. The van der Waals surface area contributed by atoms with Crippen LogP contribution in [0, 0.1) is 10.1 Å². The lowest BCUT2D eigenvalue weighted by Gasteiger charge is -2.20. The van der Waals surface area contributed by atoms with E-state index in [1.54, 1.807) is 6.07 Å². The third-order valence-corrected chi connectivity index (χ3v) is 2.90. The second-order valence-electron chi connectivity index (χ2n) is 4.48. The van der Waals surface area contributed by atoms with Crippen LogP contribution >= 0.6 is 0 Å². The van der Waals surface area contributed by atoms with Crippen LogP contribution < -0.4 is 5.73 Å². The molecule has 0 spiro atoms. The van der Waals surface area contributed by atoms with Gasteiger partial charge in [-0.25, -0.2) is 0 Å². The van der Waals surface area contributed by atoms with Gasteiger partial charge in [-0.3, -0.25) is 15.0 Å². The van der Waals surface area contributed by atoms with E-state index >= 15 is 0 Å². The first-order valence-electron chi connectivity index (χ1n) is 6.38. The van der Waals surface area contributed by atoms with Crippen LogP contribution in [0.25, 0.3) is 0 Å². The Labute approximate surface area is 116 Å². The summed E-state index contributed by atoms with van der Waals surface area (Å²) in [6.07, 6.45) is 0. The minimum atomic E-state index is -0.534. The van der Waals surface area contributed by atoms with Crippen molar-refractivity contribution in [3.8, 4) is 0 Å². The molecule has 2 aromatic rings. The van der Waals surface area contributed by atoms with Crippen molar-refractivity contribution in [3.63, 3.8) is 0 Å². The Bertz CT molecular complexity index is 554. The summed E-state index contributed by atoms with van der Waals surface area (Å²) in [5.41, 5.74) is 6.78. The Kier molecular flexibility index (Phi) is 4.86. The predicted molar refractivity (Wildman–Crippen MR) is 75.0 cm³/mol. The lowest BCUT2D eigenvalue weighted by Crippen LogP contribution is -2.28. The highest BCUT2D eigenvalue weighted by Gasteiger charge is 2.14. The number of hydrogen-bond acceptors (Lipinski definition) is 5. The lowest BCUT2D eigenvalue weighted by atomic mass is 10.2. The molecule has 0 atom stereocenters. The monoisotopic (exact) mass is 275 g/mol. The largest absolute Gasteiger partial charge is 0.433 e. The molecule has 2 N–H and O–H groups in total. The molecule has 0 aliphatic heterocycles. The fourth-order valence-electron chi connectivity index (χ4n) is 2.01. The average Bonchev–Trinajstić information content (AvgIpc) is 2.89. The van der Waals surface area contributed by atoms with Crippen LogP contribution in [0.5, 0.6) is 0 Å². The highest BCUT2D eigenvalue weighted by Crippen LogP contribution is 2.18. The first kappa shape index (κ1) is 14.2. The van der Waals surface area contributed by atoms with Gasteiger partial charge in [-0.2, -0.15) is 0 Å². The van der Waals surface area contributed by atoms with Crippen molar-refractivity contribution >= 4 is 5.88 Å². The number of nitrogens with zero attached hydrogens (tertiary/aromatic N) is 2. The number of nitrogens with two attached hydrogens (primary N) is 1. The van der Waals surface area contributed by atoms with E-state index in [4.69, 9.17) is 10.2 Å². The normalized spacial score (nSPS) is 10.9. The molecule has 20 heavy (non-hydrogen) atoms. The maximum atomic E-state index is 10.6. The number of benzene rings is 1. The van der Waals surface area contributed by atoms with Crippen LogP contribution in [0.2, 0.25) is 0 Å². The first-order chi connectivity index (χ1) is 9.69. The summed E-state index contributed by atoms with van der Waals surface area (Å²) in [6, 6.07) is 13.0. The quantitative estimate of drug-likeness (QED) is 0.618. The smallest absolute Gasteiger partial charge is 0.404 e. The molecule has 1 aromatic carbocycles. The van der Waals surface area contributed by atoms with Crippen molar-refractivity contribution in [2.75, 3.05) is 13.1 Å². The minimum Gasteiger partial charge on any atom is -0.404 e. The van der Waals surface area contributed by atoms with Crippen molar-refractivity contribution in [1.82, 2.24) is 4.90 Å². The summed E-state index contributed by atoms with van der Waals surface area (Å²) in [6.45, 7) is 2.45. The van der Waals surface area contributed by atoms with Gasteiger partial charge < -0.3 is 10.2 Å². The van der Waals surface area contributed by atoms with E-state index in [1.807, 2.05) is 30.3 Å². The minimum absolute atomic E-state index is 0.229. The van der Waals surface area contributed by atoms with Gasteiger partial charge in [0.1, 0.15) is 10.7 Å². The molecular weight excluding hydrogens is 258 g/mol. The first-order valence-corrected chi connectivity index (χ1v) is 6.38. The highest BCUT2D eigenvalue weighted by molar-refractivity contribution is 5.18. The number of rotatable bonds is 7. The van der Waals surface area contributed by atoms with E-state index in [9.17, 15) is 10.1 Å². The van der Waals surface area contributed by atoms with Gasteiger partial charge in [-0.05, 0) is 11.6 Å². The molecule has 0 saturated heterocycles. The molecule has 0 fully saturated rings. The van der Waals surface area contributed by atoms with Crippen molar-refractivity contribution in [2.24, 2.45) is 5.73 Å². The van der Waals surface area contributed by atoms with Crippen LogP contribution in [0.4, 0.5) is 5.88 Å². The fraction of sp³-hybridized carbons (Fsp3) is 0.286. The van der Waals surface area contributed by atoms with Crippen molar-refractivity contribution < 1.29 is 9.34 Å². The molecule has 6 nitrogen and oxygen atoms in total. The van der Waals surface area contributed by atoms with Gasteiger partial charge in [-0.15, -0.1) is 0 Å². The van der Waals surface area contributed by atoms with Gasteiger partial charge in [0.15, 0.2) is 0 Å². The van der Waals surface area contributed by atoms with Gasteiger partial charge in [0.25, 0.3) is 0 Å². The Hall–Kier alpha value is -2.18. The van der Waals surface area contributed by atoms with Crippen LogP contribution in [0.1, 0.15) is 11.3 Å². The highest BCUT2D eigenvalue weighted by atomic mass is 16.6. The Morgan fingerprint density at radius 2 is 1.90 bits per heavy atom. The summed E-state index contributed by atoms with van der Waals surface area (Å²) in [7, 11) is 0. The molecule has 0 aliphatic carbocycles. The molecule has 106 valence electrons. The molecule has 0 radical (unpaired) electrons. The molecule has 0 aliphatic rings. The summed E-state index contributed by atoms with van der Waals surface area (Å²) >= 11 is 0. The standard InChI is InChI=1S/C14H17N3O3/c15-8-9-16(10-12-4-2-1-3-5-12)11-13-6-7-14(20-13)17(18)19/h1-7H,8-11,15H2. The van der Waals surface area contributed by atoms with Crippen LogP contribution in [0.15, 0.2) is 46.9 Å². The SMILES string of the molecule is NCCN(Cc1ccccc1)Cc1ccc([N+](=O)[O-])o1. The zero-order valence-corrected chi connectivity index (χ0v) is 11.1. The number of nitro groups is 1. The fourth-order valence-corrected chi connectivity index (χ4v) is 2.01. The second-order valence-corrected chi connectivity index (χ2v) is 4.48. The van der Waals surface area contributed by atoms with Gasteiger partial charge in [0, 0.05) is 19.6 Å². The summed E-state index contributed by atoms with van der Waals surface area (Å²) in [4.78, 5) is 12.2. The van der Waals surface area contributed by atoms with Crippen LogP contribution in [-0.2, 0) is 13.1 Å². The maximum absolute atomic E-state index is 10.6. The molecule has 6 heteroatoms. The molecule has 0 unspecified atom stereocenters. The van der Waals surface area contributed by atoms with Crippen LogP contribution in [0.3, 0.4) is 0 Å². The van der Waals surface area contributed by atoms with Gasteiger partial charge in [0.05, 0.1) is 12.6 Å². The third kappa shape index (κ3) is 3.91. The zero-order chi connectivity index (χ0) is 14.4. The lowest BCUT2D eigenvalue weighted by molar-refractivity contribution is -0.402. The van der Waals surface area contributed by atoms with E-state index in [0.29, 0.717) is 25.4 Å². The molecule has 0 saturated carbocycles. The van der Waals surface area contributed by atoms with E-state index in [0.717, 1.165) is 6.54 Å².